The minimum Gasteiger partial charge on any atom is -0.456 e. The van der Waals surface area contributed by atoms with Gasteiger partial charge in [0.15, 0.2) is 23.7 Å². The zero-order chi connectivity index (χ0) is 32.8. The molecule has 0 heterocycles. The van der Waals surface area contributed by atoms with Crippen LogP contribution in [0.3, 0.4) is 0 Å². The number of ether oxygens (including phenoxy) is 1. The molecule has 4 aliphatic rings. The molecular weight excluding hydrogens is 597 g/mol. The molecule has 0 aliphatic heterocycles. The number of halogens is 1. The van der Waals surface area contributed by atoms with Crippen LogP contribution in [0.4, 0.5) is 4.39 Å². The lowest BCUT2D eigenvalue weighted by Gasteiger charge is -2.62. The van der Waals surface area contributed by atoms with Crippen LogP contribution in [-0.2, 0) is 33.6 Å². The molecule has 0 aromatic rings. The maximum absolute atomic E-state index is 17.2. The van der Waals surface area contributed by atoms with Crippen molar-refractivity contribution in [2.75, 3.05) is 19.8 Å². The number of carbonyl (C=O) groups excluding carboxylic acids is 4. The van der Waals surface area contributed by atoms with Gasteiger partial charge in [-0.05, 0) is 50.7 Å². The molecule has 0 spiro atoms. The van der Waals surface area contributed by atoms with E-state index in [9.17, 15) is 54.7 Å². The molecule has 44 heavy (non-hydrogen) atoms. The molecule has 0 radical (unpaired) electrons. The van der Waals surface area contributed by atoms with E-state index in [0.717, 1.165) is 0 Å². The first kappa shape index (κ1) is 32.9. The number of esters is 1. The molecule has 18 heteroatoms. The van der Waals surface area contributed by atoms with Gasteiger partial charge in [0.2, 0.25) is 11.9 Å². The molecule has 242 valence electrons. The summed E-state index contributed by atoms with van der Waals surface area (Å²) >= 11 is 0. The van der Waals surface area contributed by atoms with E-state index in [1.54, 1.807) is 6.92 Å². The zero-order valence-electron chi connectivity index (χ0n) is 23.7. The van der Waals surface area contributed by atoms with Crippen LogP contribution in [0.5, 0.6) is 0 Å². The number of ketones is 2. The number of rotatable bonds is 11. The maximum atomic E-state index is 17.2. The largest absolute Gasteiger partial charge is 0.456 e. The first-order chi connectivity index (χ1) is 20.4. The fourth-order valence-corrected chi connectivity index (χ4v) is 7.70. The van der Waals surface area contributed by atoms with Crippen LogP contribution in [0.2, 0.25) is 0 Å². The van der Waals surface area contributed by atoms with Crippen molar-refractivity contribution in [2.45, 2.75) is 69.1 Å². The van der Waals surface area contributed by atoms with E-state index in [4.69, 9.17) is 4.74 Å². The molecule has 1 unspecified atom stereocenters. The number of carbonyl (C=O) groups is 4. The first-order valence-corrected chi connectivity index (χ1v) is 13.7. The topological polar surface area (TPSA) is 255 Å². The van der Waals surface area contributed by atoms with Crippen LogP contribution in [-0.4, -0.2) is 98.3 Å². The Kier molecular flexibility index (Phi) is 8.57. The highest BCUT2D eigenvalue weighted by molar-refractivity contribution is 6.01. The molecule has 3 saturated carbocycles. The quantitative estimate of drug-likeness (QED) is 0.122. The fraction of sp³-hybridized carbons (Fsp3) is 0.692. The van der Waals surface area contributed by atoms with Gasteiger partial charge < -0.3 is 30.2 Å². The van der Waals surface area contributed by atoms with E-state index in [2.05, 4.69) is 9.68 Å². The normalized spacial score (nSPS) is 37.8. The van der Waals surface area contributed by atoms with Crippen molar-refractivity contribution in [3.8, 4) is 0 Å². The summed E-state index contributed by atoms with van der Waals surface area (Å²) in [7, 11) is 0. The number of aliphatic hydroxyl groups is 3. The zero-order valence-corrected chi connectivity index (χ0v) is 23.7. The number of nitrogens with zero attached hydrogens (tertiary/aromatic N) is 2. The van der Waals surface area contributed by atoms with E-state index in [-0.39, 0.29) is 18.6 Å². The van der Waals surface area contributed by atoms with Crippen LogP contribution >= 0.6 is 0 Å². The Labute approximate surface area is 248 Å². The van der Waals surface area contributed by atoms with Crippen molar-refractivity contribution in [1.82, 2.24) is 5.32 Å². The van der Waals surface area contributed by atoms with Crippen LogP contribution in [0.15, 0.2) is 23.8 Å². The van der Waals surface area contributed by atoms with Crippen LogP contribution < -0.4 is 5.32 Å². The maximum Gasteiger partial charge on any atom is 0.325 e. The lowest BCUT2D eigenvalue weighted by Crippen LogP contribution is -2.69. The van der Waals surface area contributed by atoms with E-state index >= 15 is 4.39 Å². The van der Waals surface area contributed by atoms with Gasteiger partial charge in [-0.2, -0.15) is 0 Å². The number of hydrogen-bond donors (Lipinski definition) is 4. The second-order valence-electron chi connectivity index (χ2n) is 11.9. The van der Waals surface area contributed by atoms with E-state index in [1.807, 2.05) is 5.32 Å². The summed E-state index contributed by atoms with van der Waals surface area (Å²) in [5.74, 6) is -5.77. The number of alkyl halides is 1. The average molecular weight is 630 g/mol. The van der Waals surface area contributed by atoms with Crippen molar-refractivity contribution in [3.63, 3.8) is 0 Å². The third-order valence-electron chi connectivity index (χ3n) is 9.89. The van der Waals surface area contributed by atoms with Crippen molar-refractivity contribution in [1.29, 1.82) is 0 Å². The van der Waals surface area contributed by atoms with Gasteiger partial charge in [0.1, 0.15) is 13.2 Å². The number of Topliss-reactive ketones (excluding diaryl/α,β-unsaturated/α-hetero) is 1. The molecule has 17 nitrogen and oxygen atoms in total. The molecule has 0 saturated heterocycles. The summed E-state index contributed by atoms with van der Waals surface area (Å²) in [6.45, 7) is -0.204. The Morgan fingerprint density at radius 3 is 2.48 bits per heavy atom. The van der Waals surface area contributed by atoms with E-state index < -0.39 is 106 Å². The highest BCUT2D eigenvalue weighted by Crippen LogP contribution is 2.69. The predicted molar refractivity (Wildman–Crippen MR) is 138 cm³/mol. The van der Waals surface area contributed by atoms with Crippen molar-refractivity contribution < 1.29 is 63.5 Å². The van der Waals surface area contributed by atoms with Crippen LogP contribution in [0.1, 0.15) is 39.5 Å². The van der Waals surface area contributed by atoms with Gasteiger partial charge >= 0.3 is 5.97 Å². The molecule has 4 N–H and O–H groups in total. The predicted octanol–water partition coefficient (Wildman–Crippen LogP) is -0.927. The first-order valence-electron chi connectivity index (χ1n) is 13.7. The third-order valence-corrected chi connectivity index (χ3v) is 9.89. The molecule has 0 bridgehead atoms. The molecular formula is C26H32FN3O14. The molecule has 1 amide bonds. The fourth-order valence-electron chi connectivity index (χ4n) is 7.70. The van der Waals surface area contributed by atoms with E-state index in [1.165, 1.54) is 25.2 Å². The van der Waals surface area contributed by atoms with Gasteiger partial charge in [-0.3, -0.25) is 24.0 Å². The summed E-state index contributed by atoms with van der Waals surface area (Å²) in [6.07, 6.45) is -1.66. The highest BCUT2D eigenvalue weighted by atomic mass is 19.1. The summed E-state index contributed by atoms with van der Waals surface area (Å²) in [5, 5.41) is 54.0. The van der Waals surface area contributed by atoms with Gasteiger partial charge in [-0.15, -0.1) is 20.2 Å². The second kappa shape index (κ2) is 11.5. The lowest BCUT2D eigenvalue weighted by atomic mass is 9.44. The third kappa shape index (κ3) is 5.09. The van der Waals surface area contributed by atoms with Gasteiger partial charge in [-0.1, -0.05) is 18.6 Å². The second-order valence-corrected chi connectivity index (χ2v) is 11.9. The number of aliphatic hydroxyl groups excluding tert-OH is 2. The van der Waals surface area contributed by atoms with Crippen molar-refractivity contribution in [2.24, 2.45) is 22.7 Å². The summed E-state index contributed by atoms with van der Waals surface area (Å²) in [4.78, 5) is 78.3. The van der Waals surface area contributed by atoms with Gasteiger partial charge in [0, 0.05) is 16.7 Å². The standard InChI is InChI=1S/C26H32FN3O14/c1-23-6-5-14(31)7-13(23)3-4-15-16-8-18(32)26(37,24(16,2)9-19(33)25(15,23)27)20(34)12-42-21(35)10-28-22(36)17(44-30(40)41)11-43-29(38)39/h5-7,15-19,32-33,37H,3-4,8-12H2,1-2H3,(H,28,36)/t15-,16-,17?,18+,19-,23-,24-,25-,26-/m0/s1. The van der Waals surface area contributed by atoms with Crippen molar-refractivity contribution in [3.05, 3.63) is 44.0 Å². The van der Waals surface area contributed by atoms with E-state index in [0.29, 0.717) is 12.0 Å². The monoisotopic (exact) mass is 629 g/mol. The number of nitrogens with one attached hydrogen (secondary N) is 1. The minimum atomic E-state index is -2.57. The van der Waals surface area contributed by atoms with Crippen molar-refractivity contribution >= 4 is 23.4 Å². The molecule has 4 rings (SSSR count). The van der Waals surface area contributed by atoms with Gasteiger partial charge in [0.25, 0.3) is 16.1 Å². The Bertz CT molecular complexity index is 1340. The lowest BCUT2D eigenvalue weighted by molar-refractivity contribution is -0.786. The Morgan fingerprint density at radius 2 is 1.84 bits per heavy atom. The number of fused-ring (bicyclic) bond motifs is 5. The van der Waals surface area contributed by atoms with Gasteiger partial charge in [0.05, 0.1) is 12.2 Å². The molecule has 3 fully saturated rings. The SMILES string of the molecule is C[C@]12C=CC(=O)C=C1CC[C@H]1[C@@H]3C[C@@H](O)[C@](O)(C(=O)COC(=O)CNC(=O)C(CO[N+](=O)[O-])O[N+](=O)[O-])[C@@]3(C)C[C@H](O)[C@@]12F. The minimum absolute atomic E-state index is 0.176. The molecule has 9 atom stereocenters. The Hall–Kier alpha value is -4.03. The summed E-state index contributed by atoms with van der Waals surface area (Å²) in [5.41, 5.74) is -7.21. The Morgan fingerprint density at radius 1 is 1.16 bits per heavy atom. The summed E-state index contributed by atoms with van der Waals surface area (Å²) in [6, 6.07) is 0. The summed E-state index contributed by atoms with van der Waals surface area (Å²) < 4.78 is 22.0. The van der Waals surface area contributed by atoms with Gasteiger partial charge in [-0.25, -0.2) is 4.39 Å². The molecule has 0 aromatic carbocycles. The number of amides is 1. The molecule has 4 aliphatic carbocycles. The number of allylic oxidation sites excluding steroid dienone is 4. The van der Waals surface area contributed by atoms with Crippen LogP contribution in [0, 0.1) is 42.9 Å². The van der Waals surface area contributed by atoms with Crippen LogP contribution in [0.25, 0.3) is 0 Å². The smallest absolute Gasteiger partial charge is 0.325 e. The highest BCUT2D eigenvalue weighted by Gasteiger charge is 2.76. The average Bonchev–Trinajstić information content (AvgIpc) is 3.14. The molecule has 0 aromatic heterocycles. The Balaban J connectivity index is 1.44. The number of hydrogen-bond acceptors (Lipinski definition) is 14.